The van der Waals surface area contributed by atoms with Crippen LogP contribution in [-0.4, -0.2) is 27.4 Å². The van der Waals surface area contributed by atoms with Crippen LogP contribution in [-0.2, 0) is 11.2 Å². The van der Waals surface area contributed by atoms with Gasteiger partial charge in [0.15, 0.2) is 0 Å². The molecule has 0 aliphatic rings. The van der Waals surface area contributed by atoms with E-state index in [1.165, 1.54) is 0 Å². The van der Waals surface area contributed by atoms with Gasteiger partial charge < -0.3 is 10.1 Å². The molecule has 0 atom stereocenters. The van der Waals surface area contributed by atoms with E-state index in [4.69, 9.17) is 4.74 Å². The number of benzene rings is 2. The number of anilines is 1. The van der Waals surface area contributed by atoms with Crippen molar-refractivity contribution in [3.8, 4) is 17.0 Å². The Morgan fingerprint density at radius 3 is 2.71 bits per heavy atom. The maximum atomic E-state index is 12.4. The zero-order valence-corrected chi connectivity index (χ0v) is 15.7. The lowest BCUT2D eigenvalue weighted by Crippen LogP contribution is -2.14. The smallest absolute Gasteiger partial charge is 0.234 e. The molecule has 4 rings (SSSR count). The molecular weight excluding hydrogens is 352 g/mol. The number of carbonyl (C=O) groups excluding carboxylic acids is 1. The third kappa shape index (κ3) is 3.57. The van der Waals surface area contributed by atoms with Crippen molar-refractivity contribution in [2.24, 2.45) is 0 Å². The fourth-order valence-electron chi connectivity index (χ4n) is 3.15. The molecule has 2 aromatic heterocycles. The molecule has 2 aromatic carbocycles. The second-order valence-corrected chi connectivity index (χ2v) is 6.49. The number of hydrogen-bond donors (Lipinski definition) is 1. The zero-order valence-electron chi connectivity index (χ0n) is 15.7. The largest absolute Gasteiger partial charge is 0.497 e. The number of aryl methyl sites for hydroxylation is 1. The highest BCUT2D eigenvalue weighted by Crippen LogP contribution is 2.25. The van der Waals surface area contributed by atoms with Crippen molar-refractivity contribution in [2.75, 3.05) is 12.4 Å². The minimum Gasteiger partial charge on any atom is -0.497 e. The van der Waals surface area contributed by atoms with Gasteiger partial charge in [-0.25, -0.2) is 9.97 Å². The summed E-state index contributed by atoms with van der Waals surface area (Å²) in [5.74, 6) is 1.36. The SMILES string of the molecule is COc1ccc(CC(=O)Nc2cccc(-c3nc4ncccn4c3C)c2)cc1. The second kappa shape index (κ2) is 7.52. The summed E-state index contributed by atoms with van der Waals surface area (Å²) in [7, 11) is 1.62. The number of nitrogens with zero attached hydrogens (tertiary/aromatic N) is 3. The Kier molecular flexibility index (Phi) is 4.76. The number of nitrogens with one attached hydrogen (secondary N) is 1. The quantitative estimate of drug-likeness (QED) is 0.577. The van der Waals surface area contributed by atoms with Crippen molar-refractivity contribution in [3.63, 3.8) is 0 Å². The average molecular weight is 372 g/mol. The number of imidazole rings is 1. The van der Waals surface area contributed by atoms with E-state index >= 15 is 0 Å². The molecule has 0 aliphatic heterocycles. The van der Waals surface area contributed by atoms with Gasteiger partial charge in [-0.05, 0) is 42.8 Å². The van der Waals surface area contributed by atoms with Crippen molar-refractivity contribution in [1.29, 1.82) is 0 Å². The fourth-order valence-corrected chi connectivity index (χ4v) is 3.15. The molecule has 4 aromatic rings. The number of fused-ring (bicyclic) bond motifs is 1. The van der Waals surface area contributed by atoms with E-state index < -0.39 is 0 Å². The Bertz CT molecular complexity index is 1130. The Morgan fingerprint density at radius 2 is 1.96 bits per heavy atom. The lowest BCUT2D eigenvalue weighted by Gasteiger charge is -2.08. The molecular formula is C22H20N4O2. The summed E-state index contributed by atoms with van der Waals surface area (Å²) in [6.07, 6.45) is 3.96. The molecule has 0 bridgehead atoms. The third-order valence-corrected chi connectivity index (χ3v) is 4.59. The van der Waals surface area contributed by atoms with E-state index in [0.717, 1.165) is 34.0 Å². The van der Waals surface area contributed by atoms with Crippen molar-refractivity contribution >= 4 is 17.4 Å². The van der Waals surface area contributed by atoms with Gasteiger partial charge in [-0.3, -0.25) is 9.20 Å². The fraction of sp³-hybridized carbons (Fsp3) is 0.136. The minimum absolute atomic E-state index is 0.0734. The molecule has 0 aliphatic carbocycles. The first-order chi connectivity index (χ1) is 13.6. The van der Waals surface area contributed by atoms with Crippen LogP contribution in [0.15, 0.2) is 67.0 Å². The Balaban J connectivity index is 1.53. The standard InChI is InChI=1S/C22H20N4O2/c1-15-21(25-22-23-11-4-12-26(15)22)17-5-3-6-18(14-17)24-20(27)13-16-7-9-19(28-2)10-8-16/h3-12,14H,13H2,1-2H3,(H,24,27). The van der Waals surface area contributed by atoms with E-state index in [-0.39, 0.29) is 5.91 Å². The van der Waals surface area contributed by atoms with Crippen LogP contribution in [0, 0.1) is 6.92 Å². The van der Waals surface area contributed by atoms with E-state index in [0.29, 0.717) is 12.2 Å². The summed E-state index contributed by atoms with van der Waals surface area (Å²) in [4.78, 5) is 21.3. The Labute approximate surface area is 162 Å². The molecule has 0 saturated carbocycles. The van der Waals surface area contributed by atoms with Crippen LogP contribution in [0.1, 0.15) is 11.3 Å². The molecule has 6 nitrogen and oxygen atoms in total. The number of rotatable bonds is 5. The minimum atomic E-state index is -0.0734. The highest BCUT2D eigenvalue weighted by molar-refractivity contribution is 5.93. The van der Waals surface area contributed by atoms with Crippen LogP contribution < -0.4 is 10.1 Å². The molecule has 28 heavy (non-hydrogen) atoms. The predicted molar refractivity (Wildman–Crippen MR) is 108 cm³/mol. The van der Waals surface area contributed by atoms with Crippen LogP contribution >= 0.6 is 0 Å². The molecule has 0 saturated heterocycles. The first-order valence-electron chi connectivity index (χ1n) is 8.97. The highest BCUT2D eigenvalue weighted by Gasteiger charge is 2.12. The summed E-state index contributed by atoms with van der Waals surface area (Å²) in [5, 5.41) is 2.96. The molecule has 2 heterocycles. The third-order valence-electron chi connectivity index (χ3n) is 4.59. The normalized spacial score (nSPS) is 10.8. The van der Waals surface area contributed by atoms with E-state index in [9.17, 15) is 4.79 Å². The van der Waals surface area contributed by atoms with Gasteiger partial charge in [-0.2, -0.15) is 0 Å². The van der Waals surface area contributed by atoms with Crippen LogP contribution in [0.2, 0.25) is 0 Å². The molecule has 0 unspecified atom stereocenters. The van der Waals surface area contributed by atoms with Gasteiger partial charge >= 0.3 is 0 Å². The molecule has 1 amide bonds. The summed E-state index contributed by atoms with van der Waals surface area (Å²) in [6, 6.07) is 17.1. The van der Waals surface area contributed by atoms with Crippen LogP contribution in [0.25, 0.3) is 17.0 Å². The van der Waals surface area contributed by atoms with Gasteiger partial charge in [0.25, 0.3) is 0 Å². The van der Waals surface area contributed by atoms with E-state index in [1.807, 2.05) is 72.1 Å². The molecule has 1 N–H and O–H groups in total. The Morgan fingerprint density at radius 1 is 1.14 bits per heavy atom. The number of aromatic nitrogens is 3. The van der Waals surface area contributed by atoms with Gasteiger partial charge in [-0.15, -0.1) is 0 Å². The summed E-state index contributed by atoms with van der Waals surface area (Å²) >= 11 is 0. The van der Waals surface area contributed by atoms with E-state index in [2.05, 4.69) is 15.3 Å². The number of carbonyl (C=O) groups is 1. The van der Waals surface area contributed by atoms with Crippen molar-refractivity contribution in [2.45, 2.75) is 13.3 Å². The second-order valence-electron chi connectivity index (χ2n) is 6.49. The highest BCUT2D eigenvalue weighted by atomic mass is 16.5. The maximum Gasteiger partial charge on any atom is 0.234 e. The van der Waals surface area contributed by atoms with Gasteiger partial charge in [0, 0.05) is 29.3 Å². The Hall–Kier alpha value is -3.67. The first kappa shape index (κ1) is 17.7. The molecule has 0 spiro atoms. The van der Waals surface area contributed by atoms with Gasteiger partial charge in [0.1, 0.15) is 5.75 Å². The lowest BCUT2D eigenvalue weighted by molar-refractivity contribution is -0.115. The maximum absolute atomic E-state index is 12.4. The number of ether oxygens (including phenoxy) is 1. The molecule has 0 fully saturated rings. The summed E-state index contributed by atoms with van der Waals surface area (Å²) < 4.78 is 7.09. The number of amides is 1. The molecule has 0 radical (unpaired) electrons. The van der Waals surface area contributed by atoms with Crippen LogP contribution in [0.5, 0.6) is 5.75 Å². The molecule has 6 heteroatoms. The van der Waals surface area contributed by atoms with E-state index in [1.54, 1.807) is 13.3 Å². The number of methoxy groups -OCH3 is 1. The van der Waals surface area contributed by atoms with Gasteiger partial charge in [-0.1, -0.05) is 24.3 Å². The van der Waals surface area contributed by atoms with Crippen molar-refractivity contribution < 1.29 is 9.53 Å². The topological polar surface area (TPSA) is 68.5 Å². The molecule has 140 valence electrons. The van der Waals surface area contributed by atoms with Crippen molar-refractivity contribution in [1.82, 2.24) is 14.4 Å². The van der Waals surface area contributed by atoms with Crippen LogP contribution in [0.3, 0.4) is 0 Å². The first-order valence-corrected chi connectivity index (χ1v) is 8.97. The van der Waals surface area contributed by atoms with Gasteiger partial charge in [0.05, 0.1) is 19.2 Å². The average Bonchev–Trinajstić information content (AvgIpc) is 3.06. The zero-order chi connectivity index (χ0) is 19.5. The predicted octanol–water partition coefficient (Wildman–Crippen LogP) is 3.89. The number of hydrogen-bond acceptors (Lipinski definition) is 4. The van der Waals surface area contributed by atoms with Crippen LogP contribution in [0.4, 0.5) is 5.69 Å². The summed E-state index contributed by atoms with van der Waals surface area (Å²) in [5.41, 5.74) is 4.46. The monoisotopic (exact) mass is 372 g/mol. The van der Waals surface area contributed by atoms with Gasteiger partial charge in [0.2, 0.25) is 11.7 Å². The van der Waals surface area contributed by atoms with Crippen molar-refractivity contribution in [3.05, 3.63) is 78.2 Å². The lowest BCUT2D eigenvalue weighted by atomic mass is 10.1. The summed E-state index contributed by atoms with van der Waals surface area (Å²) in [6.45, 7) is 2.01.